The maximum Gasteiger partial charge on any atom is 0.331 e. The normalized spacial score (nSPS) is 13.4. The van der Waals surface area contributed by atoms with Crippen molar-refractivity contribution >= 4 is 34.5 Å². The van der Waals surface area contributed by atoms with E-state index in [4.69, 9.17) is 4.74 Å². The minimum atomic E-state index is -0.993. The van der Waals surface area contributed by atoms with Crippen LogP contribution in [-0.2, 0) is 9.53 Å². The van der Waals surface area contributed by atoms with E-state index in [0.717, 1.165) is 15.6 Å². The van der Waals surface area contributed by atoms with E-state index in [1.807, 2.05) is 26.0 Å². The van der Waals surface area contributed by atoms with E-state index in [9.17, 15) is 9.59 Å². The average molecular weight is 389 g/mol. The Morgan fingerprint density at radius 3 is 2.60 bits per heavy atom. The van der Waals surface area contributed by atoms with Crippen LogP contribution in [0.1, 0.15) is 42.6 Å². The van der Waals surface area contributed by atoms with Crippen LogP contribution >= 0.6 is 22.6 Å². The van der Waals surface area contributed by atoms with E-state index in [1.165, 1.54) is 7.11 Å². The predicted molar refractivity (Wildman–Crippen MR) is 86.7 cm³/mol. The maximum absolute atomic E-state index is 12.4. The number of ether oxygens (including phenoxy) is 1. The highest BCUT2D eigenvalue weighted by atomic mass is 127. The van der Waals surface area contributed by atoms with Gasteiger partial charge < -0.3 is 10.1 Å². The van der Waals surface area contributed by atoms with Gasteiger partial charge in [0, 0.05) is 3.57 Å². The van der Waals surface area contributed by atoms with Crippen LogP contribution in [0.15, 0.2) is 18.2 Å². The molecular weight excluding hydrogens is 369 g/mol. The molecule has 1 amide bonds. The number of aryl methyl sites for hydroxylation is 1. The van der Waals surface area contributed by atoms with Gasteiger partial charge in [-0.1, -0.05) is 25.5 Å². The molecule has 0 spiro atoms. The number of carbonyl (C=O) groups is 2. The van der Waals surface area contributed by atoms with Gasteiger partial charge in [0.1, 0.15) is 5.54 Å². The third-order valence-corrected chi connectivity index (χ3v) is 4.64. The van der Waals surface area contributed by atoms with Crippen LogP contribution in [0, 0.1) is 10.5 Å². The van der Waals surface area contributed by atoms with Gasteiger partial charge in [-0.2, -0.15) is 0 Å². The van der Waals surface area contributed by atoms with Crippen molar-refractivity contribution < 1.29 is 14.3 Å². The number of esters is 1. The van der Waals surface area contributed by atoms with Crippen molar-refractivity contribution in [3.05, 3.63) is 32.9 Å². The Bertz CT molecular complexity index is 516. The Morgan fingerprint density at radius 2 is 2.05 bits per heavy atom. The van der Waals surface area contributed by atoms with Gasteiger partial charge in [-0.05, 0) is 54.5 Å². The minimum Gasteiger partial charge on any atom is -0.467 e. The molecule has 5 heteroatoms. The fraction of sp³-hybridized carbons (Fsp3) is 0.467. The molecule has 1 atom stereocenters. The molecular formula is C15H20INO3. The summed E-state index contributed by atoms with van der Waals surface area (Å²) < 4.78 is 5.70. The van der Waals surface area contributed by atoms with Crippen LogP contribution in [0.5, 0.6) is 0 Å². The molecule has 0 aromatic heterocycles. The topological polar surface area (TPSA) is 55.4 Å². The highest BCUT2D eigenvalue weighted by molar-refractivity contribution is 14.1. The zero-order chi connectivity index (χ0) is 15.3. The number of hydrogen-bond donors (Lipinski definition) is 1. The fourth-order valence-electron chi connectivity index (χ4n) is 2.08. The zero-order valence-electron chi connectivity index (χ0n) is 12.2. The molecule has 4 nitrogen and oxygen atoms in total. The van der Waals surface area contributed by atoms with Gasteiger partial charge in [-0.3, -0.25) is 4.79 Å². The first-order chi connectivity index (χ1) is 9.35. The molecule has 0 fully saturated rings. The summed E-state index contributed by atoms with van der Waals surface area (Å²) >= 11 is 2.14. The third-order valence-electron chi connectivity index (χ3n) is 3.21. The molecule has 0 saturated heterocycles. The monoisotopic (exact) mass is 389 g/mol. The molecule has 0 aliphatic rings. The maximum atomic E-state index is 12.4. The van der Waals surface area contributed by atoms with Crippen LogP contribution in [-0.4, -0.2) is 24.5 Å². The van der Waals surface area contributed by atoms with Crippen molar-refractivity contribution in [3.8, 4) is 0 Å². The number of hydrogen-bond acceptors (Lipinski definition) is 3. The summed E-state index contributed by atoms with van der Waals surface area (Å²) in [6.45, 7) is 5.61. The number of halogens is 1. The number of nitrogens with one attached hydrogen (secondary N) is 1. The summed E-state index contributed by atoms with van der Waals surface area (Å²) in [5.74, 6) is -0.671. The molecule has 1 unspecified atom stereocenters. The minimum absolute atomic E-state index is 0.251. The summed E-state index contributed by atoms with van der Waals surface area (Å²) in [5.41, 5.74) is 0.623. The summed E-state index contributed by atoms with van der Waals surface area (Å²) in [6.07, 6.45) is 1.31. The van der Waals surface area contributed by atoms with Crippen molar-refractivity contribution in [2.45, 2.75) is 39.2 Å². The number of methoxy groups -OCH3 is 1. The van der Waals surface area contributed by atoms with E-state index in [1.54, 1.807) is 13.0 Å². The largest absolute Gasteiger partial charge is 0.467 e. The predicted octanol–water partition coefficient (Wildman–Crippen LogP) is 3.06. The Balaban J connectivity index is 3.03. The molecule has 1 N–H and O–H groups in total. The molecule has 0 aliphatic heterocycles. The smallest absolute Gasteiger partial charge is 0.331 e. The Kier molecular flexibility index (Phi) is 5.98. The van der Waals surface area contributed by atoms with Crippen molar-refractivity contribution in [1.82, 2.24) is 5.32 Å². The lowest BCUT2D eigenvalue weighted by atomic mass is 9.95. The van der Waals surface area contributed by atoms with Crippen molar-refractivity contribution in [2.75, 3.05) is 7.11 Å². The first-order valence-corrected chi connectivity index (χ1v) is 7.59. The van der Waals surface area contributed by atoms with Gasteiger partial charge in [0.25, 0.3) is 5.91 Å². The van der Waals surface area contributed by atoms with Gasteiger partial charge >= 0.3 is 5.97 Å². The summed E-state index contributed by atoms with van der Waals surface area (Å²) in [6, 6.07) is 5.54. The van der Waals surface area contributed by atoms with Crippen molar-refractivity contribution in [1.29, 1.82) is 0 Å². The van der Waals surface area contributed by atoms with Crippen molar-refractivity contribution in [3.63, 3.8) is 0 Å². The first-order valence-electron chi connectivity index (χ1n) is 6.51. The van der Waals surface area contributed by atoms with E-state index in [0.29, 0.717) is 12.0 Å². The molecule has 0 aliphatic carbocycles. The lowest BCUT2D eigenvalue weighted by molar-refractivity contribution is -0.147. The van der Waals surface area contributed by atoms with Gasteiger partial charge in [-0.25, -0.2) is 4.79 Å². The number of rotatable bonds is 5. The Morgan fingerprint density at radius 1 is 1.40 bits per heavy atom. The van der Waals surface area contributed by atoms with Crippen LogP contribution in [0.3, 0.4) is 0 Å². The quantitative estimate of drug-likeness (QED) is 0.622. The van der Waals surface area contributed by atoms with Gasteiger partial charge in [0.2, 0.25) is 0 Å². The van der Waals surface area contributed by atoms with E-state index in [2.05, 4.69) is 27.9 Å². The van der Waals surface area contributed by atoms with Crippen LogP contribution in [0.2, 0.25) is 0 Å². The molecule has 20 heavy (non-hydrogen) atoms. The molecule has 1 rings (SSSR count). The van der Waals surface area contributed by atoms with Crippen molar-refractivity contribution in [2.24, 2.45) is 0 Å². The molecule has 0 radical (unpaired) electrons. The summed E-state index contributed by atoms with van der Waals surface area (Å²) in [7, 11) is 1.33. The molecule has 1 aromatic rings. The van der Waals surface area contributed by atoms with Crippen LogP contribution < -0.4 is 5.32 Å². The van der Waals surface area contributed by atoms with Gasteiger partial charge in [0.15, 0.2) is 0 Å². The number of amides is 1. The fourth-order valence-corrected chi connectivity index (χ4v) is 2.69. The second-order valence-corrected chi connectivity index (χ2v) is 6.04. The second-order valence-electron chi connectivity index (χ2n) is 4.96. The molecule has 1 aromatic carbocycles. The highest BCUT2D eigenvalue weighted by Crippen LogP contribution is 2.20. The highest BCUT2D eigenvalue weighted by Gasteiger charge is 2.35. The third kappa shape index (κ3) is 3.71. The van der Waals surface area contributed by atoms with Crippen LogP contribution in [0.25, 0.3) is 0 Å². The van der Waals surface area contributed by atoms with E-state index in [-0.39, 0.29) is 5.91 Å². The lowest BCUT2D eigenvalue weighted by Gasteiger charge is -2.27. The zero-order valence-corrected chi connectivity index (χ0v) is 14.4. The summed E-state index contributed by atoms with van der Waals surface area (Å²) in [4.78, 5) is 24.3. The SMILES string of the molecule is CCCC(C)(NC(=O)c1cccc(C)c1I)C(=O)OC. The first kappa shape index (κ1) is 16.9. The molecule has 0 heterocycles. The second kappa shape index (κ2) is 7.06. The lowest BCUT2D eigenvalue weighted by Crippen LogP contribution is -2.52. The van der Waals surface area contributed by atoms with E-state index >= 15 is 0 Å². The average Bonchev–Trinajstić information content (AvgIpc) is 2.40. The Hall–Kier alpha value is -1.11. The Labute approximate surface area is 133 Å². The standard InChI is InChI=1S/C15H20INO3/c1-5-9-15(3,14(19)20-4)17-13(18)11-8-6-7-10(2)12(11)16/h6-8H,5,9H2,1-4H3,(H,17,18). The van der Waals surface area contributed by atoms with E-state index < -0.39 is 11.5 Å². The van der Waals surface area contributed by atoms with Gasteiger partial charge in [-0.15, -0.1) is 0 Å². The number of carbonyl (C=O) groups excluding carboxylic acids is 2. The molecule has 0 saturated carbocycles. The van der Waals surface area contributed by atoms with Crippen LogP contribution in [0.4, 0.5) is 0 Å². The molecule has 0 bridgehead atoms. The van der Waals surface area contributed by atoms with Gasteiger partial charge in [0.05, 0.1) is 12.7 Å². The number of benzene rings is 1. The molecule has 110 valence electrons. The summed E-state index contributed by atoms with van der Waals surface area (Å²) in [5, 5.41) is 2.81.